The molecule has 0 saturated carbocycles. The highest BCUT2D eigenvalue weighted by Gasteiger charge is 2.48. The molecule has 0 unspecified atom stereocenters. The zero-order valence-electron chi connectivity index (χ0n) is 22.7. The van der Waals surface area contributed by atoms with Gasteiger partial charge in [0.15, 0.2) is 17.3 Å². The maximum atomic E-state index is 13.7. The van der Waals surface area contributed by atoms with Gasteiger partial charge >= 0.3 is 5.97 Å². The molecule has 4 heterocycles. The van der Waals surface area contributed by atoms with Crippen molar-refractivity contribution >= 4 is 11.5 Å². The van der Waals surface area contributed by atoms with Gasteiger partial charge in [0, 0.05) is 30.4 Å². The van der Waals surface area contributed by atoms with Crippen LogP contribution in [0.4, 0.5) is 0 Å². The molecule has 6 heteroatoms. The predicted molar refractivity (Wildman–Crippen MR) is 143 cm³/mol. The number of carbonyl (C=O) groups excluding carboxylic acids is 1. The highest BCUT2D eigenvalue weighted by molar-refractivity contribution is 5.99. The summed E-state index contributed by atoms with van der Waals surface area (Å²) >= 11 is 0. The van der Waals surface area contributed by atoms with Gasteiger partial charge in [-0.25, -0.2) is 4.79 Å². The van der Waals surface area contributed by atoms with E-state index in [1.54, 1.807) is 13.0 Å². The summed E-state index contributed by atoms with van der Waals surface area (Å²) in [5.74, 6) is 0.124. The van der Waals surface area contributed by atoms with Crippen molar-refractivity contribution in [1.29, 1.82) is 0 Å². The van der Waals surface area contributed by atoms with Crippen LogP contribution in [-0.4, -0.2) is 41.8 Å². The highest BCUT2D eigenvalue weighted by Crippen LogP contribution is 2.46. The fourth-order valence-corrected chi connectivity index (χ4v) is 6.11. The molecule has 2 fully saturated rings. The molecular formula is C31H40O6. The van der Waals surface area contributed by atoms with Crippen LogP contribution in [-0.2, 0) is 14.2 Å². The van der Waals surface area contributed by atoms with Crippen molar-refractivity contribution in [2.24, 2.45) is 11.8 Å². The summed E-state index contributed by atoms with van der Waals surface area (Å²) in [6, 6.07) is 1.72. The number of hydrogen-bond acceptors (Lipinski definition) is 6. The lowest BCUT2D eigenvalue weighted by atomic mass is 9.86. The number of phenols is 1. The minimum absolute atomic E-state index is 0.0752. The molecule has 1 spiro atoms. The summed E-state index contributed by atoms with van der Waals surface area (Å²) in [5.41, 5.74) is 3.83. The minimum Gasteiger partial charge on any atom is -0.504 e. The Morgan fingerprint density at radius 2 is 1.92 bits per heavy atom. The van der Waals surface area contributed by atoms with E-state index in [-0.39, 0.29) is 24.1 Å². The van der Waals surface area contributed by atoms with Gasteiger partial charge in [0.2, 0.25) is 0 Å². The van der Waals surface area contributed by atoms with Gasteiger partial charge in [0.25, 0.3) is 0 Å². The quantitative estimate of drug-likeness (QED) is 0.313. The third kappa shape index (κ3) is 5.37. The van der Waals surface area contributed by atoms with Crippen LogP contribution in [0.3, 0.4) is 0 Å². The molecule has 200 valence electrons. The third-order valence-electron chi connectivity index (χ3n) is 8.37. The Morgan fingerprint density at radius 3 is 2.70 bits per heavy atom. The zero-order chi connectivity index (χ0) is 26.3. The van der Waals surface area contributed by atoms with Crippen LogP contribution in [0.2, 0.25) is 0 Å². The molecule has 4 aliphatic rings. The monoisotopic (exact) mass is 508 g/mol. The van der Waals surface area contributed by atoms with Crippen molar-refractivity contribution in [3.63, 3.8) is 0 Å². The van der Waals surface area contributed by atoms with Gasteiger partial charge in [-0.05, 0) is 63.5 Å². The van der Waals surface area contributed by atoms with E-state index in [2.05, 4.69) is 39.8 Å². The number of hydrogen-bond donors (Lipinski definition) is 1. The summed E-state index contributed by atoms with van der Waals surface area (Å²) in [5, 5.41) is 10.7. The molecule has 0 radical (unpaired) electrons. The average Bonchev–Trinajstić information content (AvgIpc) is 3.26. The fourth-order valence-electron chi connectivity index (χ4n) is 6.11. The molecule has 1 aromatic rings. The van der Waals surface area contributed by atoms with Gasteiger partial charge in [-0.1, -0.05) is 43.7 Å². The van der Waals surface area contributed by atoms with E-state index in [4.69, 9.17) is 18.9 Å². The first-order valence-electron chi connectivity index (χ1n) is 13.7. The Bertz CT molecular complexity index is 1150. The van der Waals surface area contributed by atoms with Crippen molar-refractivity contribution in [2.45, 2.75) is 97.2 Å². The number of aromatic hydroxyl groups is 1. The molecule has 0 aromatic heterocycles. The number of esters is 1. The van der Waals surface area contributed by atoms with Crippen LogP contribution >= 0.6 is 0 Å². The molecule has 1 N–H and O–H groups in total. The molecule has 4 aliphatic heterocycles. The molecule has 6 nitrogen and oxygen atoms in total. The van der Waals surface area contributed by atoms with E-state index in [0.29, 0.717) is 53.7 Å². The summed E-state index contributed by atoms with van der Waals surface area (Å²) < 4.78 is 25.2. The predicted octanol–water partition coefficient (Wildman–Crippen LogP) is 6.64. The van der Waals surface area contributed by atoms with E-state index >= 15 is 0 Å². The van der Waals surface area contributed by atoms with Gasteiger partial charge in [0.05, 0.1) is 17.8 Å². The molecule has 5 rings (SSSR count). The van der Waals surface area contributed by atoms with Gasteiger partial charge in [-0.2, -0.15) is 0 Å². The number of ether oxygens (including phenoxy) is 4. The third-order valence-corrected chi connectivity index (χ3v) is 8.37. The van der Waals surface area contributed by atoms with Gasteiger partial charge in [0.1, 0.15) is 12.7 Å². The van der Waals surface area contributed by atoms with Crippen molar-refractivity contribution < 1.29 is 28.8 Å². The van der Waals surface area contributed by atoms with Gasteiger partial charge < -0.3 is 24.1 Å². The average molecular weight is 509 g/mol. The first-order valence-corrected chi connectivity index (χ1v) is 13.7. The SMILES string of the molecule is C/C1=C\C[C@@H]2C[C@@H](C[C@]3(CC[C@H](C)[C@@H](C)O3)O2)OC(=O)c2cc(C)c(O)c3c2/C(=C/C=C/[C@H](C)C1)CO3. The molecule has 6 atom stereocenters. The molecule has 1 aromatic carbocycles. The Labute approximate surface area is 220 Å². The standard InChI is InChI=1S/C31H40O6/c1-18-7-6-8-23-17-34-29-27(23)26(14-21(4)28(29)32)30(33)35-25-15-24(10-9-19(2)13-18)37-31(16-25)12-11-20(3)22(5)36-31/h6-9,14,18,20,22,24-25,32H,10-13,15-17H2,1-5H3/b7-6+,19-9+,23-8+/t18-,20-,22+,24+,25-,31-/m0/s1. The first-order chi connectivity index (χ1) is 17.6. The molecule has 0 aliphatic carbocycles. The van der Waals surface area contributed by atoms with Crippen LogP contribution in [0.5, 0.6) is 11.5 Å². The Morgan fingerprint density at radius 1 is 1.11 bits per heavy atom. The first kappa shape index (κ1) is 26.1. The number of rotatable bonds is 0. The van der Waals surface area contributed by atoms with Crippen LogP contribution in [0.25, 0.3) is 5.57 Å². The summed E-state index contributed by atoms with van der Waals surface area (Å²) in [6.45, 7) is 10.8. The van der Waals surface area contributed by atoms with Crippen LogP contribution < -0.4 is 4.74 Å². The lowest BCUT2D eigenvalue weighted by molar-refractivity contribution is -0.331. The second-order valence-corrected chi connectivity index (χ2v) is 11.6. The fraction of sp³-hybridized carbons (Fsp3) is 0.581. The van der Waals surface area contributed by atoms with E-state index in [1.807, 2.05) is 12.2 Å². The largest absolute Gasteiger partial charge is 0.504 e. The number of aryl methyl sites for hydroxylation is 1. The molecule has 2 saturated heterocycles. The number of carbonyl (C=O) groups is 1. The van der Waals surface area contributed by atoms with E-state index in [9.17, 15) is 9.90 Å². The summed E-state index contributed by atoms with van der Waals surface area (Å²) in [7, 11) is 0. The van der Waals surface area contributed by atoms with Crippen molar-refractivity contribution in [2.75, 3.05) is 6.61 Å². The van der Waals surface area contributed by atoms with Crippen molar-refractivity contribution in [3.8, 4) is 11.5 Å². The second-order valence-electron chi connectivity index (χ2n) is 11.6. The van der Waals surface area contributed by atoms with Gasteiger partial charge in [-0.15, -0.1) is 0 Å². The molecule has 37 heavy (non-hydrogen) atoms. The number of fused-ring (bicyclic) bond motifs is 2. The van der Waals surface area contributed by atoms with Crippen molar-refractivity contribution in [3.05, 3.63) is 52.6 Å². The molecule has 0 amide bonds. The number of benzene rings is 1. The smallest absolute Gasteiger partial charge is 0.339 e. The zero-order valence-corrected chi connectivity index (χ0v) is 22.7. The van der Waals surface area contributed by atoms with Crippen molar-refractivity contribution in [1.82, 2.24) is 0 Å². The maximum absolute atomic E-state index is 13.7. The maximum Gasteiger partial charge on any atom is 0.339 e. The normalized spacial score (nSPS) is 38.0. The number of allylic oxidation sites excluding steroid dienone is 4. The lowest BCUT2D eigenvalue weighted by Crippen LogP contribution is -2.53. The minimum atomic E-state index is -0.732. The number of phenolic OH excluding ortho intramolecular Hbond substituents is 1. The van der Waals surface area contributed by atoms with Crippen LogP contribution in [0.1, 0.15) is 87.7 Å². The topological polar surface area (TPSA) is 74.2 Å². The summed E-state index contributed by atoms with van der Waals surface area (Å²) in [6.07, 6.45) is 12.8. The van der Waals surface area contributed by atoms with Crippen LogP contribution in [0, 0.1) is 18.8 Å². The highest BCUT2D eigenvalue weighted by atomic mass is 16.7. The Balaban J connectivity index is 1.54. The van der Waals surface area contributed by atoms with E-state index in [1.165, 1.54) is 5.57 Å². The molecular weight excluding hydrogens is 468 g/mol. The second kappa shape index (κ2) is 10.3. The Kier molecular flexibility index (Phi) is 7.25. The van der Waals surface area contributed by atoms with Gasteiger partial charge in [-0.3, -0.25) is 0 Å². The van der Waals surface area contributed by atoms with E-state index in [0.717, 1.165) is 31.3 Å². The van der Waals surface area contributed by atoms with E-state index < -0.39 is 11.8 Å². The van der Waals surface area contributed by atoms with Crippen LogP contribution in [0.15, 0.2) is 35.9 Å². The lowest BCUT2D eigenvalue weighted by Gasteiger charge is -2.49. The Hall–Kier alpha value is -2.57. The summed E-state index contributed by atoms with van der Waals surface area (Å²) in [4.78, 5) is 13.7. The molecule has 2 bridgehead atoms.